The summed E-state index contributed by atoms with van der Waals surface area (Å²) in [6.07, 6.45) is 8.77. The van der Waals surface area contributed by atoms with Crippen LogP contribution in [0.25, 0.3) is 0 Å². The van der Waals surface area contributed by atoms with Crippen LogP contribution in [0.1, 0.15) is 55.3 Å². The Hall–Kier alpha value is -0.490. The van der Waals surface area contributed by atoms with E-state index in [1.54, 1.807) is 6.07 Å². The summed E-state index contributed by atoms with van der Waals surface area (Å²) >= 11 is 2.04. The predicted molar refractivity (Wildman–Crippen MR) is 94.6 cm³/mol. The van der Waals surface area contributed by atoms with E-state index in [1.165, 1.54) is 50.7 Å². The maximum atomic E-state index is 13.1. The van der Waals surface area contributed by atoms with Crippen LogP contribution in [0.5, 0.6) is 0 Å². The van der Waals surface area contributed by atoms with Gasteiger partial charge < -0.3 is 4.90 Å². The van der Waals surface area contributed by atoms with Crippen molar-refractivity contribution >= 4 is 28.4 Å². The number of carbonyl (C=O) groups excluding carboxylic acids is 1. The number of carbonyl (C=O) groups is 1. The highest BCUT2D eigenvalue weighted by Gasteiger charge is 2.36. The van der Waals surface area contributed by atoms with Gasteiger partial charge in [0.2, 0.25) is 0 Å². The Morgan fingerprint density at radius 1 is 1.18 bits per heavy atom. The van der Waals surface area contributed by atoms with E-state index in [4.69, 9.17) is 0 Å². The Morgan fingerprint density at radius 3 is 2.50 bits per heavy atom. The van der Waals surface area contributed by atoms with E-state index in [9.17, 15) is 9.18 Å². The van der Waals surface area contributed by atoms with Gasteiger partial charge in [0, 0.05) is 22.1 Å². The number of nitrogens with zero attached hydrogens (tertiary/aromatic N) is 1. The topological polar surface area (TPSA) is 20.3 Å². The molecular weight excluding hydrogens is 392 g/mol. The Balaban J connectivity index is 1.49. The summed E-state index contributed by atoms with van der Waals surface area (Å²) in [6, 6.07) is 4.42. The van der Waals surface area contributed by atoms with Gasteiger partial charge in [0.25, 0.3) is 0 Å². The molecule has 1 aliphatic heterocycles. The third-order valence-corrected chi connectivity index (χ3v) is 6.36. The number of likely N-dealkylation sites (tertiary alicyclic amines) is 1. The molecule has 1 heterocycles. The maximum absolute atomic E-state index is 13.1. The average molecular weight is 415 g/mol. The Bertz CT molecular complexity index is 544. The van der Waals surface area contributed by atoms with Crippen molar-refractivity contribution in [1.29, 1.82) is 0 Å². The first-order valence-electron chi connectivity index (χ1n) is 8.29. The number of hydrogen-bond donors (Lipinski definition) is 0. The van der Waals surface area contributed by atoms with Crippen LogP contribution in [0.4, 0.5) is 4.39 Å². The molecule has 2 fully saturated rings. The van der Waals surface area contributed by atoms with Gasteiger partial charge in [-0.3, -0.25) is 4.79 Å². The molecule has 0 radical (unpaired) electrons. The fraction of sp³-hybridized carbons (Fsp3) is 0.611. The van der Waals surface area contributed by atoms with Gasteiger partial charge in [-0.15, -0.1) is 0 Å². The number of Topliss-reactive ketones (excluding diaryl/α,β-unsaturated/α-hetero) is 1. The first kappa shape index (κ1) is 16.4. The summed E-state index contributed by atoms with van der Waals surface area (Å²) in [5, 5.41) is 0. The molecule has 1 aromatic carbocycles. The van der Waals surface area contributed by atoms with Crippen LogP contribution in [-0.2, 0) is 0 Å². The molecule has 0 amide bonds. The Kier molecular flexibility index (Phi) is 5.17. The molecule has 2 nitrogen and oxygen atoms in total. The normalized spacial score (nSPS) is 21.4. The zero-order valence-corrected chi connectivity index (χ0v) is 15.1. The standard InChI is InChI=1S/C18H23FINO/c19-14-3-4-15(16(20)13-14)17(22)5-10-21-11-8-18(9-12-21)6-1-2-7-18/h3-4,13H,1-2,5-12H2. The first-order chi connectivity index (χ1) is 10.6. The molecule has 1 saturated carbocycles. The summed E-state index contributed by atoms with van der Waals surface area (Å²) in [7, 11) is 0. The SMILES string of the molecule is O=C(CCN1CCC2(CCCC2)CC1)c1ccc(F)cc1I. The molecule has 0 unspecified atom stereocenters. The molecule has 0 aromatic heterocycles. The van der Waals surface area contributed by atoms with E-state index in [0.29, 0.717) is 21.0 Å². The molecule has 3 rings (SSSR count). The monoisotopic (exact) mass is 415 g/mol. The van der Waals surface area contributed by atoms with E-state index in [1.807, 2.05) is 22.6 Å². The van der Waals surface area contributed by atoms with Crippen LogP contribution in [0.2, 0.25) is 0 Å². The lowest BCUT2D eigenvalue weighted by Crippen LogP contribution is -2.39. The molecule has 1 saturated heterocycles. The maximum Gasteiger partial charge on any atom is 0.165 e. The predicted octanol–water partition coefficient (Wildman–Crippen LogP) is 4.66. The number of rotatable bonds is 4. The van der Waals surface area contributed by atoms with Crippen LogP contribution >= 0.6 is 22.6 Å². The average Bonchev–Trinajstić information content (AvgIpc) is 2.95. The minimum atomic E-state index is -0.279. The molecule has 22 heavy (non-hydrogen) atoms. The number of halogens is 2. The highest BCUT2D eigenvalue weighted by atomic mass is 127. The fourth-order valence-corrected chi connectivity index (χ4v) is 4.76. The van der Waals surface area contributed by atoms with Gasteiger partial charge in [0.05, 0.1) is 0 Å². The minimum absolute atomic E-state index is 0.130. The van der Waals surface area contributed by atoms with E-state index in [2.05, 4.69) is 4.90 Å². The van der Waals surface area contributed by atoms with Crippen molar-refractivity contribution in [3.63, 3.8) is 0 Å². The molecule has 120 valence electrons. The van der Waals surface area contributed by atoms with Gasteiger partial charge >= 0.3 is 0 Å². The van der Waals surface area contributed by atoms with Crippen LogP contribution in [0.3, 0.4) is 0 Å². The smallest absolute Gasteiger partial charge is 0.165 e. The lowest BCUT2D eigenvalue weighted by Gasteiger charge is -2.39. The molecule has 4 heteroatoms. The van der Waals surface area contributed by atoms with Gasteiger partial charge in [-0.05, 0) is 85.0 Å². The molecule has 0 bridgehead atoms. The van der Waals surface area contributed by atoms with Gasteiger partial charge in [0.1, 0.15) is 5.82 Å². The molecule has 2 aliphatic rings. The second kappa shape index (κ2) is 6.95. The summed E-state index contributed by atoms with van der Waals surface area (Å²) in [5.41, 5.74) is 1.29. The van der Waals surface area contributed by atoms with E-state index >= 15 is 0 Å². The first-order valence-corrected chi connectivity index (χ1v) is 9.37. The quantitative estimate of drug-likeness (QED) is 0.527. The van der Waals surface area contributed by atoms with Gasteiger partial charge in [-0.1, -0.05) is 12.8 Å². The molecule has 0 N–H and O–H groups in total. The van der Waals surface area contributed by atoms with E-state index in [0.717, 1.165) is 19.6 Å². The minimum Gasteiger partial charge on any atom is -0.303 e. The van der Waals surface area contributed by atoms with Gasteiger partial charge in [-0.2, -0.15) is 0 Å². The number of ketones is 1. The zero-order chi connectivity index (χ0) is 15.6. The van der Waals surface area contributed by atoms with Crippen molar-refractivity contribution in [2.24, 2.45) is 5.41 Å². The third kappa shape index (κ3) is 3.70. The third-order valence-electron chi connectivity index (χ3n) is 5.47. The Morgan fingerprint density at radius 2 is 1.86 bits per heavy atom. The Labute approximate surface area is 145 Å². The molecule has 1 spiro atoms. The molecular formula is C18H23FINO. The van der Waals surface area contributed by atoms with Crippen LogP contribution < -0.4 is 0 Å². The number of benzene rings is 1. The fourth-order valence-electron chi connectivity index (χ4n) is 3.99. The lowest BCUT2D eigenvalue weighted by atomic mass is 9.77. The van der Waals surface area contributed by atoms with Crippen molar-refractivity contribution in [2.45, 2.75) is 44.9 Å². The van der Waals surface area contributed by atoms with E-state index < -0.39 is 0 Å². The van der Waals surface area contributed by atoms with Crippen LogP contribution in [0, 0.1) is 14.8 Å². The van der Waals surface area contributed by atoms with Gasteiger partial charge in [0.15, 0.2) is 5.78 Å². The second-order valence-corrected chi connectivity index (χ2v) is 8.01. The van der Waals surface area contributed by atoms with Crippen LogP contribution in [-0.4, -0.2) is 30.3 Å². The van der Waals surface area contributed by atoms with Crippen molar-refractivity contribution in [1.82, 2.24) is 4.90 Å². The highest BCUT2D eigenvalue weighted by Crippen LogP contribution is 2.46. The molecule has 1 aliphatic carbocycles. The van der Waals surface area contributed by atoms with Crippen molar-refractivity contribution < 1.29 is 9.18 Å². The second-order valence-electron chi connectivity index (χ2n) is 6.85. The largest absolute Gasteiger partial charge is 0.303 e. The summed E-state index contributed by atoms with van der Waals surface area (Å²) < 4.78 is 13.8. The van der Waals surface area contributed by atoms with Crippen molar-refractivity contribution in [3.05, 3.63) is 33.1 Å². The number of hydrogen-bond acceptors (Lipinski definition) is 2. The van der Waals surface area contributed by atoms with E-state index in [-0.39, 0.29) is 11.6 Å². The highest BCUT2D eigenvalue weighted by molar-refractivity contribution is 14.1. The van der Waals surface area contributed by atoms with Crippen molar-refractivity contribution in [3.8, 4) is 0 Å². The summed E-state index contributed by atoms with van der Waals surface area (Å²) in [4.78, 5) is 14.7. The summed E-state index contributed by atoms with van der Waals surface area (Å²) in [5.74, 6) is -0.149. The van der Waals surface area contributed by atoms with Crippen molar-refractivity contribution in [2.75, 3.05) is 19.6 Å². The molecule has 1 aromatic rings. The zero-order valence-electron chi connectivity index (χ0n) is 12.9. The van der Waals surface area contributed by atoms with Crippen LogP contribution in [0.15, 0.2) is 18.2 Å². The summed E-state index contributed by atoms with van der Waals surface area (Å²) in [6.45, 7) is 3.10. The molecule has 0 atom stereocenters. The number of piperidine rings is 1. The van der Waals surface area contributed by atoms with Gasteiger partial charge in [-0.25, -0.2) is 4.39 Å². The lowest BCUT2D eigenvalue weighted by molar-refractivity contribution is 0.0887.